The first-order valence-corrected chi connectivity index (χ1v) is 13.6. The second-order valence-electron chi connectivity index (χ2n) is 10.6. The summed E-state index contributed by atoms with van der Waals surface area (Å²) in [5.41, 5.74) is 5.96. The predicted octanol–water partition coefficient (Wildman–Crippen LogP) is 4.85. The van der Waals surface area contributed by atoms with Crippen LogP contribution in [0.1, 0.15) is 61.7 Å². The minimum Gasteiger partial charge on any atom is -0.475 e. The van der Waals surface area contributed by atoms with E-state index in [2.05, 4.69) is 21.7 Å². The number of carbonyl (C=O) groups is 4. The number of alkyl halides is 3. The molecule has 3 N–H and O–H groups in total. The summed E-state index contributed by atoms with van der Waals surface area (Å²) < 4.78 is 31.7. The van der Waals surface area contributed by atoms with Gasteiger partial charge in [0.1, 0.15) is 0 Å². The molecule has 1 saturated heterocycles. The van der Waals surface area contributed by atoms with Crippen LogP contribution in [0.4, 0.5) is 18.9 Å². The van der Waals surface area contributed by atoms with Gasteiger partial charge in [-0.05, 0) is 80.1 Å². The number of aromatic nitrogens is 1. The SMILES string of the molecule is Cc1cc(C)cc(C(=O)N2CCC(C3C(=O)Nc4ccc(C(=O)NCc5cccnc5)cc43)CC2)c1.O=C(O)C(F)(F)F. The summed E-state index contributed by atoms with van der Waals surface area (Å²) in [6.45, 7) is 5.61. The van der Waals surface area contributed by atoms with Crippen molar-refractivity contribution in [1.82, 2.24) is 15.2 Å². The standard InChI is InChI=1S/C29H30N4O3.C2HF3O2/c1-18-12-19(2)14-23(13-18)29(36)33-10-7-21(8-11-33)26-24-15-22(5-6-25(24)32-28(26)35)27(34)31-17-20-4-3-9-30-16-20;3-2(4,5)1(6)7/h3-6,9,12-16,21,26H,7-8,10-11,17H2,1-2H3,(H,31,34)(H,32,35);(H,6,7). The van der Waals surface area contributed by atoms with Gasteiger partial charge in [0, 0.05) is 48.8 Å². The second kappa shape index (κ2) is 13.1. The number of anilines is 1. The molecular formula is C31H31F3N4O5. The molecule has 3 aromatic rings. The van der Waals surface area contributed by atoms with E-state index in [1.165, 1.54) is 0 Å². The van der Waals surface area contributed by atoms with Crippen LogP contribution in [-0.2, 0) is 16.1 Å². The van der Waals surface area contributed by atoms with Gasteiger partial charge in [-0.25, -0.2) is 4.79 Å². The molecule has 2 aliphatic rings. The third-order valence-electron chi connectivity index (χ3n) is 7.37. The molecule has 0 saturated carbocycles. The Kier molecular flexibility index (Phi) is 9.47. The number of carbonyl (C=O) groups excluding carboxylic acids is 3. The van der Waals surface area contributed by atoms with Gasteiger partial charge in [-0.15, -0.1) is 0 Å². The molecule has 1 aromatic heterocycles. The number of aliphatic carboxylic acids is 1. The lowest BCUT2D eigenvalue weighted by molar-refractivity contribution is -0.192. The number of likely N-dealkylation sites (tertiary alicyclic amines) is 1. The zero-order valence-electron chi connectivity index (χ0n) is 23.6. The number of amides is 3. The molecule has 0 bridgehead atoms. The summed E-state index contributed by atoms with van der Waals surface area (Å²) in [7, 11) is 0. The molecule has 12 heteroatoms. The van der Waals surface area contributed by atoms with Gasteiger partial charge in [0.15, 0.2) is 0 Å². The van der Waals surface area contributed by atoms with Crippen molar-refractivity contribution in [2.75, 3.05) is 18.4 Å². The zero-order valence-corrected chi connectivity index (χ0v) is 23.6. The Morgan fingerprint density at radius 2 is 1.67 bits per heavy atom. The summed E-state index contributed by atoms with van der Waals surface area (Å²) in [5, 5.41) is 13.0. The summed E-state index contributed by atoms with van der Waals surface area (Å²) >= 11 is 0. The van der Waals surface area contributed by atoms with Crippen LogP contribution in [-0.4, -0.2) is 57.9 Å². The van der Waals surface area contributed by atoms with Gasteiger partial charge in [0.2, 0.25) is 5.91 Å². The molecule has 0 spiro atoms. The number of nitrogens with one attached hydrogen (secondary N) is 2. The van der Waals surface area contributed by atoms with E-state index in [1.54, 1.807) is 18.5 Å². The molecule has 3 amide bonds. The van der Waals surface area contributed by atoms with E-state index in [1.807, 2.05) is 55.1 Å². The Bertz CT molecular complexity index is 1500. The number of fused-ring (bicyclic) bond motifs is 1. The molecule has 2 aliphatic heterocycles. The Morgan fingerprint density at radius 3 is 2.26 bits per heavy atom. The van der Waals surface area contributed by atoms with Gasteiger partial charge in [-0.1, -0.05) is 23.3 Å². The molecule has 9 nitrogen and oxygen atoms in total. The van der Waals surface area contributed by atoms with Crippen LogP contribution in [0.5, 0.6) is 0 Å². The summed E-state index contributed by atoms with van der Waals surface area (Å²) in [5.74, 6) is -3.13. The van der Waals surface area contributed by atoms with Crippen LogP contribution in [0.25, 0.3) is 0 Å². The minimum absolute atomic E-state index is 0.0306. The minimum atomic E-state index is -5.08. The molecule has 1 unspecified atom stereocenters. The Balaban J connectivity index is 0.000000541. The van der Waals surface area contributed by atoms with Gasteiger partial charge >= 0.3 is 12.1 Å². The van der Waals surface area contributed by atoms with Crippen LogP contribution in [0.3, 0.4) is 0 Å². The highest BCUT2D eigenvalue weighted by Gasteiger charge is 2.40. The number of carboxylic acids is 1. The van der Waals surface area contributed by atoms with Gasteiger partial charge in [0.25, 0.3) is 11.8 Å². The first-order chi connectivity index (χ1) is 20.3. The van der Waals surface area contributed by atoms with Gasteiger partial charge in [0.05, 0.1) is 5.92 Å². The van der Waals surface area contributed by atoms with Crippen molar-refractivity contribution in [3.05, 3.63) is 94.3 Å². The number of nitrogens with zero attached hydrogens (tertiary/aromatic N) is 2. The van der Waals surface area contributed by atoms with Crippen molar-refractivity contribution in [1.29, 1.82) is 0 Å². The van der Waals surface area contributed by atoms with Crippen LogP contribution >= 0.6 is 0 Å². The summed E-state index contributed by atoms with van der Waals surface area (Å²) in [4.78, 5) is 53.7. The molecule has 226 valence electrons. The number of rotatable bonds is 5. The van der Waals surface area contributed by atoms with Gasteiger partial charge in [-0.3, -0.25) is 19.4 Å². The molecule has 0 radical (unpaired) electrons. The highest BCUT2D eigenvalue weighted by Crippen LogP contribution is 2.42. The van der Waals surface area contributed by atoms with Gasteiger partial charge in [-0.2, -0.15) is 13.2 Å². The Labute approximate surface area is 246 Å². The average molecular weight is 597 g/mol. The van der Waals surface area contributed by atoms with E-state index in [-0.39, 0.29) is 29.6 Å². The molecule has 1 fully saturated rings. The maximum atomic E-state index is 13.1. The number of hydrogen-bond donors (Lipinski definition) is 3. The maximum Gasteiger partial charge on any atom is 0.490 e. The van der Waals surface area contributed by atoms with Crippen LogP contribution < -0.4 is 10.6 Å². The molecule has 5 rings (SSSR count). The van der Waals surface area contributed by atoms with Crippen molar-refractivity contribution >= 4 is 29.4 Å². The number of halogens is 3. The van der Waals surface area contributed by atoms with Crippen molar-refractivity contribution in [3.8, 4) is 0 Å². The quantitative estimate of drug-likeness (QED) is 0.386. The number of pyridine rings is 1. The van der Waals surface area contributed by atoms with E-state index < -0.39 is 12.1 Å². The topological polar surface area (TPSA) is 129 Å². The van der Waals surface area contributed by atoms with E-state index in [0.29, 0.717) is 25.2 Å². The third-order valence-corrected chi connectivity index (χ3v) is 7.37. The zero-order chi connectivity index (χ0) is 31.3. The number of piperidine rings is 1. The normalized spacial score (nSPS) is 16.4. The Morgan fingerprint density at radius 1 is 1.02 bits per heavy atom. The fraction of sp³-hybridized carbons (Fsp3) is 0.323. The van der Waals surface area contributed by atoms with Crippen molar-refractivity contribution in [3.63, 3.8) is 0 Å². The first-order valence-electron chi connectivity index (χ1n) is 13.6. The molecule has 1 atom stereocenters. The van der Waals surface area contributed by atoms with E-state index in [9.17, 15) is 27.6 Å². The molecular weight excluding hydrogens is 565 g/mol. The monoisotopic (exact) mass is 596 g/mol. The number of aryl methyl sites for hydroxylation is 2. The smallest absolute Gasteiger partial charge is 0.475 e. The largest absolute Gasteiger partial charge is 0.490 e. The lowest BCUT2D eigenvalue weighted by atomic mass is 9.80. The summed E-state index contributed by atoms with van der Waals surface area (Å²) in [6, 6.07) is 15.1. The maximum absolute atomic E-state index is 13.1. The molecule has 43 heavy (non-hydrogen) atoms. The van der Waals surface area contributed by atoms with E-state index >= 15 is 0 Å². The highest BCUT2D eigenvalue weighted by atomic mass is 19.4. The van der Waals surface area contributed by atoms with Crippen LogP contribution in [0.15, 0.2) is 60.9 Å². The number of benzene rings is 2. The lowest BCUT2D eigenvalue weighted by Crippen LogP contribution is -2.40. The average Bonchev–Trinajstić information content (AvgIpc) is 3.30. The predicted molar refractivity (Wildman–Crippen MR) is 151 cm³/mol. The van der Waals surface area contributed by atoms with E-state index in [4.69, 9.17) is 9.90 Å². The number of carboxylic acid groups (broad SMARTS) is 1. The fourth-order valence-corrected chi connectivity index (χ4v) is 5.40. The Hall–Kier alpha value is -4.74. The fourth-order valence-electron chi connectivity index (χ4n) is 5.40. The lowest BCUT2D eigenvalue weighted by Gasteiger charge is -2.34. The highest BCUT2D eigenvalue weighted by molar-refractivity contribution is 6.05. The second-order valence-corrected chi connectivity index (χ2v) is 10.6. The molecule has 0 aliphatic carbocycles. The first kappa shape index (κ1) is 31.2. The number of hydrogen-bond acceptors (Lipinski definition) is 5. The van der Waals surface area contributed by atoms with Crippen LogP contribution in [0.2, 0.25) is 0 Å². The van der Waals surface area contributed by atoms with E-state index in [0.717, 1.165) is 46.3 Å². The van der Waals surface area contributed by atoms with Gasteiger partial charge < -0.3 is 20.6 Å². The third kappa shape index (κ3) is 7.76. The summed E-state index contributed by atoms with van der Waals surface area (Å²) in [6.07, 6.45) is -0.185. The molecule has 3 heterocycles. The van der Waals surface area contributed by atoms with Crippen LogP contribution in [0, 0.1) is 19.8 Å². The molecule has 2 aromatic carbocycles. The van der Waals surface area contributed by atoms with Crippen molar-refractivity contribution in [2.45, 2.75) is 45.3 Å². The van der Waals surface area contributed by atoms with Crippen molar-refractivity contribution < 1.29 is 37.5 Å². The van der Waals surface area contributed by atoms with Crippen molar-refractivity contribution in [2.24, 2.45) is 5.92 Å².